The molecule has 0 saturated heterocycles. The summed E-state index contributed by atoms with van der Waals surface area (Å²) in [4.78, 5) is 0. The predicted molar refractivity (Wildman–Crippen MR) is 73.3 cm³/mol. The molecule has 0 aliphatic heterocycles. The molecule has 2 N–H and O–H groups in total. The minimum atomic E-state index is 1.00. The van der Waals surface area contributed by atoms with Crippen molar-refractivity contribution in [3.63, 3.8) is 0 Å². The van der Waals surface area contributed by atoms with E-state index in [0.717, 1.165) is 17.8 Å². The van der Waals surface area contributed by atoms with Gasteiger partial charge in [0.1, 0.15) is 0 Å². The van der Waals surface area contributed by atoms with E-state index in [1.165, 1.54) is 11.1 Å². The molecule has 2 aromatic rings. The third kappa shape index (κ3) is 2.66. The fourth-order valence-electron chi connectivity index (χ4n) is 1.78. The van der Waals surface area contributed by atoms with Crippen molar-refractivity contribution in [1.82, 2.24) is 0 Å². The minimum absolute atomic E-state index is 1.00. The first-order valence-electron chi connectivity index (χ1n) is 5.91. The minimum Gasteiger partial charge on any atom is -0.280 e. The highest BCUT2D eigenvalue weighted by molar-refractivity contribution is 5.62. The zero-order chi connectivity index (χ0) is 12.3. The van der Waals surface area contributed by atoms with Gasteiger partial charge in [-0.05, 0) is 43.2 Å². The number of nitrogens with zero attached hydrogens (tertiary/aromatic N) is 1. The Bertz CT molecular complexity index is 489. The summed E-state index contributed by atoms with van der Waals surface area (Å²) in [7, 11) is 0. The predicted octanol–water partition coefficient (Wildman–Crippen LogP) is 3.57. The lowest BCUT2D eigenvalue weighted by Crippen LogP contribution is -2.24. The maximum atomic E-state index is 6.12. The molecule has 2 aromatic carbocycles. The lowest BCUT2D eigenvalue weighted by atomic mass is 10.1. The zero-order valence-electron chi connectivity index (χ0n) is 10.4. The summed E-state index contributed by atoms with van der Waals surface area (Å²) in [6, 6.07) is 16.5. The summed E-state index contributed by atoms with van der Waals surface area (Å²) in [5.41, 5.74) is 4.56. The molecule has 88 valence electrons. The average Bonchev–Trinajstić information content (AvgIpc) is 2.39. The number of anilines is 2. The Labute approximate surface area is 103 Å². The number of benzene rings is 2. The molecule has 0 aliphatic carbocycles. The molecule has 0 amide bonds. The SMILES string of the molecule is CCc1cccc(N(N)c2ccc(C)cc2)c1. The average molecular weight is 226 g/mol. The van der Waals surface area contributed by atoms with Crippen LogP contribution in [0.25, 0.3) is 0 Å². The molecule has 0 heterocycles. The maximum Gasteiger partial charge on any atom is 0.0577 e. The first-order chi connectivity index (χ1) is 8.20. The van der Waals surface area contributed by atoms with Crippen LogP contribution in [0.4, 0.5) is 11.4 Å². The van der Waals surface area contributed by atoms with Crippen LogP contribution < -0.4 is 10.9 Å². The quantitative estimate of drug-likeness (QED) is 0.640. The van der Waals surface area contributed by atoms with E-state index in [2.05, 4.69) is 38.1 Å². The highest BCUT2D eigenvalue weighted by atomic mass is 15.4. The van der Waals surface area contributed by atoms with Gasteiger partial charge in [-0.1, -0.05) is 36.8 Å². The van der Waals surface area contributed by atoms with Gasteiger partial charge in [-0.15, -0.1) is 0 Å². The second kappa shape index (κ2) is 5.02. The molecule has 0 aromatic heterocycles. The molecular formula is C15H18N2. The van der Waals surface area contributed by atoms with Gasteiger partial charge in [0.25, 0.3) is 0 Å². The van der Waals surface area contributed by atoms with Crippen LogP contribution in [-0.4, -0.2) is 0 Å². The smallest absolute Gasteiger partial charge is 0.0577 e. The van der Waals surface area contributed by atoms with E-state index in [-0.39, 0.29) is 0 Å². The number of nitrogens with two attached hydrogens (primary N) is 1. The largest absolute Gasteiger partial charge is 0.280 e. The van der Waals surface area contributed by atoms with Gasteiger partial charge < -0.3 is 0 Å². The van der Waals surface area contributed by atoms with Gasteiger partial charge in [0.05, 0.1) is 11.4 Å². The highest BCUT2D eigenvalue weighted by Crippen LogP contribution is 2.22. The normalized spacial score (nSPS) is 10.3. The van der Waals surface area contributed by atoms with Gasteiger partial charge in [-0.3, -0.25) is 5.01 Å². The summed E-state index contributed by atoms with van der Waals surface area (Å²) >= 11 is 0. The van der Waals surface area contributed by atoms with Crippen LogP contribution in [0.1, 0.15) is 18.1 Å². The van der Waals surface area contributed by atoms with E-state index >= 15 is 0 Å². The van der Waals surface area contributed by atoms with E-state index in [1.807, 2.05) is 24.3 Å². The third-order valence-corrected chi connectivity index (χ3v) is 2.91. The number of hydrazine groups is 1. The van der Waals surface area contributed by atoms with Crippen LogP contribution in [0.2, 0.25) is 0 Å². The summed E-state index contributed by atoms with van der Waals surface area (Å²) in [6.45, 7) is 4.22. The van der Waals surface area contributed by atoms with Crippen LogP contribution in [0.5, 0.6) is 0 Å². The number of rotatable bonds is 3. The topological polar surface area (TPSA) is 29.3 Å². The molecule has 2 rings (SSSR count). The van der Waals surface area contributed by atoms with Crippen molar-refractivity contribution in [2.24, 2.45) is 5.84 Å². The molecule has 0 saturated carbocycles. The lowest BCUT2D eigenvalue weighted by molar-refractivity contribution is 1.07. The van der Waals surface area contributed by atoms with Gasteiger partial charge in [-0.2, -0.15) is 0 Å². The van der Waals surface area contributed by atoms with E-state index in [1.54, 1.807) is 5.01 Å². The lowest BCUT2D eigenvalue weighted by Gasteiger charge is -2.19. The van der Waals surface area contributed by atoms with Crippen LogP contribution in [0.15, 0.2) is 48.5 Å². The fourth-order valence-corrected chi connectivity index (χ4v) is 1.78. The Morgan fingerprint density at radius 3 is 2.35 bits per heavy atom. The van der Waals surface area contributed by atoms with Crippen LogP contribution in [-0.2, 0) is 6.42 Å². The van der Waals surface area contributed by atoms with Crippen molar-refractivity contribution in [3.8, 4) is 0 Å². The van der Waals surface area contributed by atoms with Crippen molar-refractivity contribution in [2.45, 2.75) is 20.3 Å². The second-order valence-electron chi connectivity index (χ2n) is 4.23. The Kier molecular flexibility index (Phi) is 3.45. The molecule has 0 aliphatic rings. The van der Waals surface area contributed by atoms with Crippen LogP contribution in [0, 0.1) is 6.92 Å². The fraction of sp³-hybridized carbons (Fsp3) is 0.200. The van der Waals surface area contributed by atoms with Crippen LogP contribution in [0.3, 0.4) is 0 Å². The zero-order valence-corrected chi connectivity index (χ0v) is 10.4. The second-order valence-corrected chi connectivity index (χ2v) is 4.23. The van der Waals surface area contributed by atoms with Crippen LogP contribution >= 0.6 is 0 Å². The Morgan fingerprint density at radius 2 is 1.71 bits per heavy atom. The van der Waals surface area contributed by atoms with Crippen molar-refractivity contribution in [3.05, 3.63) is 59.7 Å². The van der Waals surface area contributed by atoms with Gasteiger partial charge >= 0.3 is 0 Å². The third-order valence-electron chi connectivity index (χ3n) is 2.91. The van der Waals surface area contributed by atoms with Crippen molar-refractivity contribution in [1.29, 1.82) is 0 Å². The Morgan fingerprint density at radius 1 is 1.00 bits per heavy atom. The number of hydrogen-bond donors (Lipinski definition) is 1. The van der Waals surface area contributed by atoms with E-state index in [0.29, 0.717) is 0 Å². The summed E-state index contributed by atoms with van der Waals surface area (Å²) < 4.78 is 0. The summed E-state index contributed by atoms with van der Waals surface area (Å²) in [5, 5.41) is 1.72. The molecule has 0 fully saturated rings. The van der Waals surface area contributed by atoms with Gasteiger partial charge in [0.15, 0.2) is 0 Å². The van der Waals surface area contributed by atoms with Crippen molar-refractivity contribution >= 4 is 11.4 Å². The summed E-state index contributed by atoms with van der Waals surface area (Å²) in [6.07, 6.45) is 1.02. The first-order valence-corrected chi connectivity index (χ1v) is 5.91. The van der Waals surface area contributed by atoms with Gasteiger partial charge in [0.2, 0.25) is 0 Å². The first kappa shape index (κ1) is 11.7. The molecule has 2 heteroatoms. The number of hydrogen-bond acceptors (Lipinski definition) is 2. The van der Waals surface area contributed by atoms with E-state index < -0.39 is 0 Å². The van der Waals surface area contributed by atoms with Gasteiger partial charge in [0, 0.05) is 0 Å². The van der Waals surface area contributed by atoms with Crippen molar-refractivity contribution in [2.75, 3.05) is 5.01 Å². The Balaban J connectivity index is 2.29. The molecule has 17 heavy (non-hydrogen) atoms. The standard InChI is InChI=1S/C15H18N2/c1-3-13-5-4-6-15(11-13)17(16)14-9-7-12(2)8-10-14/h4-11H,3,16H2,1-2H3. The maximum absolute atomic E-state index is 6.12. The molecule has 0 spiro atoms. The molecule has 0 radical (unpaired) electrons. The molecule has 2 nitrogen and oxygen atoms in total. The Hall–Kier alpha value is -1.80. The van der Waals surface area contributed by atoms with E-state index in [9.17, 15) is 0 Å². The molecule has 0 unspecified atom stereocenters. The molecular weight excluding hydrogens is 208 g/mol. The van der Waals surface area contributed by atoms with Crippen molar-refractivity contribution < 1.29 is 0 Å². The molecule has 0 atom stereocenters. The van der Waals surface area contributed by atoms with Gasteiger partial charge in [-0.25, -0.2) is 5.84 Å². The summed E-state index contributed by atoms with van der Waals surface area (Å²) in [5.74, 6) is 6.12. The highest BCUT2D eigenvalue weighted by Gasteiger charge is 2.04. The monoisotopic (exact) mass is 226 g/mol. The van der Waals surface area contributed by atoms with E-state index in [4.69, 9.17) is 5.84 Å². The molecule has 0 bridgehead atoms. The number of aryl methyl sites for hydroxylation is 2.